The van der Waals surface area contributed by atoms with Gasteiger partial charge in [-0.15, -0.1) is 0 Å². The summed E-state index contributed by atoms with van der Waals surface area (Å²) < 4.78 is 5.58. The van der Waals surface area contributed by atoms with E-state index < -0.39 is 5.97 Å². The Morgan fingerprint density at radius 1 is 1.33 bits per heavy atom. The standard InChI is InChI=1S/C13H10ClNO3/c1-8-2-3-9(14)6-12(8)18-11-4-5-15-7-10(11)13(16)17/h2-7H,1H3,(H,16,17). The molecule has 92 valence electrons. The van der Waals surface area contributed by atoms with Crippen molar-refractivity contribution in [2.75, 3.05) is 0 Å². The van der Waals surface area contributed by atoms with Crippen LogP contribution in [0.3, 0.4) is 0 Å². The van der Waals surface area contributed by atoms with Crippen molar-refractivity contribution < 1.29 is 14.6 Å². The number of hydrogen-bond acceptors (Lipinski definition) is 3. The van der Waals surface area contributed by atoms with E-state index in [1.807, 2.05) is 6.92 Å². The van der Waals surface area contributed by atoms with Crippen LogP contribution in [0.15, 0.2) is 36.7 Å². The SMILES string of the molecule is Cc1ccc(Cl)cc1Oc1ccncc1C(=O)O. The second-order valence-electron chi connectivity index (χ2n) is 3.69. The highest BCUT2D eigenvalue weighted by Crippen LogP contribution is 2.29. The number of rotatable bonds is 3. The molecular weight excluding hydrogens is 254 g/mol. The van der Waals surface area contributed by atoms with Crippen LogP contribution in [0.1, 0.15) is 15.9 Å². The molecule has 0 radical (unpaired) electrons. The first-order valence-corrected chi connectivity index (χ1v) is 5.57. The van der Waals surface area contributed by atoms with E-state index in [1.165, 1.54) is 18.5 Å². The van der Waals surface area contributed by atoms with E-state index in [9.17, 15) is 4.79 Å². The van der Waals surface area contributed by atoms with Gasteiger partial charge in [-0.25, -0.2) is 4.79 Å². The van der Waals surface area contributed by atoms with Crippen LogP contribution in [-0.2, 0) is 0 Å². The van der Waals surface area contributed by atoms with Crippen LogP contribution >= 0.6 is 11.6 Å². The number of aromatic nitrogens is 1. The van der Waals surface area contributed by atoms with E-state index in [0.717, 1.165) is 5.56 Å². The van der Waals surface area contributed by atoms with Crippen molar-refractivity contribution in [1.29, 1.82) is 0 Å². The molecule has 1 N–H and O–H groups in total. The molecule has 0 unspecified atom stereocenters. The van der Waals surface area contributed by atoms with Gasteiger partial charge in [-0.05, 0) is 24.6 Å². The van der Waals surface area contributed by atoms with Gasteiger partial charge in [-0.3, -0.25) is 4.98 Å². The molecule has 1 aromatic carbocycles. The van der Waals surface area contributed by atoms with E-state index in [4.69, 9.17) is 21.4 Å². The maximum Gasteiger partial charge on any atom is 0.341 e. The van der Waals surface area contributed by atoms with E-state index in [1.54, 1.807) is 18.2 Å². The van der Waals surface area contributed by atoms with Crippen molar-refractivity contribution in [2.45, 2.75) is 6.92 Å². The fourth-order valence-electron chi connectivity index (χ4n) is 1.43. The molecule has 1 aromatic heterocycles. The summed E-state index contributed by atoms with van der Waals surface area (Å²) in [6.45, 7) is 1.85. The number of hydrogen-bond donors (Lipinski definition) is 1. The molecule has 0 bridgehead atoms. The van der Waals surface area contributed by atoms with Crippen LogP contribution in [0, 0.1) is 6.92 Å². The van der Waals surface area contributed by atoms with E-state index in [0.29, 0.717) is 10.8 Å². The molecule has 5 heteroatoms. The predicted octanol–water partition coefficient (Wildman–Crippen LogP) is 3.53. The molecule has 0 spiro atoms. The Morgan fingerprint density at radius 2 is 2.11 bits per heavy atom. The zero-order chi connectivity index (χ0) is 13.1. The number of carbonyl (C=O) groups is 1. The smallest absolute Gasteiger partial charge is 0.341 e. The van der Waals surface area contributed by atoms with Gasteiger partial charge < -0.3 is 9.84 Å². The number of benzene rings is 1. The third kappa shape index (κ3) is 2.60. The molecule has 2 aromatic rings. The van der Waals surface area contributed by atoms with Crippen LogP contribution in [0.5, 0.6) is 11.5 Å². The molecule has 2 rings (SSSR count). The summed E-state index contributed by atoms with van der Waals surface area (Å²) in [5.74, 6) is -0.322. The largest absolute Gasteiger partial charge is 0.477 e. The minimum absolute atomic E-state index is 0.0110. The molecular formula is C13H10ClNO3. The van der Waals surface area contributed by atoms with Gasteiger partial charge in [0.1, 0.15) is 17.1 Å². The number of pyridine rings is 1. The summed E-state index contributed by atoms with van der Waals surface area (Å²) in [5.41, 5.74) is 0.879. The van der Waals surface area contributed by atoms with E-state index in [-0.39, 0.29) is 11.3 Å². The van der Waals surface area contributed by atoms with Crippen molar-refractivity contribution >= 4 is 17.6 Å². The third-order valence-electron chi connectivity index (χ3n) is 2.38. The summed E-state index contributed by atoms with van der Waals surface area (Å²) in [4.78, 5) is 14.8. The van der Waals surface area contributed by atoms with Gasteiger partial charge in [0.25, 0.3) is 0 Å². The van der Waals surface area contributed by atoms with Crippen molar-refractivity contribution in [3.8, 4) is 11.5 Å². The Balaban J connectivity index is 2.40. The predicted molar refractivity (Wildman–Crippen MR) is 67.5 cm³/mol. The van der Waals surface area contributed by atoms with Crippen molar-refractivity contribution in [1.82, 2.24) is 4.98 Å². The molecule has 0 fully saturated rings. The Hall–Kier alpha value is -2.07. The molecule has 1 heterocycles. The van der Waals surface area contributed by atoms with Gasteiger partial charge in [0.05, 0.1) is 0 Å². The maximum atomic E-state index is 11.0. The van der Waals surface area contributed by atoms with Gasteiger partial charge in [-0.2, -0.15) is 0 Å². The second kappa shape index (κ2) is 5.06. The minimum Gasteiger partial charge on any atom is -0.477 e. The molecule has 18 heavy (non-hydrogen) atoms. The summed E-state index contributed by atoms with van der Waals surface area (Å²) in [6, 6.07) is 6.69. The van der Waals surface area contributed by atoms with Crippen molar-refractivity contribution in [3.63, 3.8) is 0 Å². The summed E-state index contributed by atoms with van der Waals surface area (Å²) >= 11 is 5.88. The first kappa shape index (κ1) is 12.4. The Morgan fingerprint density at radius 3 is 2.83 bits per heavy atom. The highest BCUT2D eigenvalue weighted by molar-refractivity contribution is 6.30. The topological polar surface area (TPSA) is 59.4 Å². The van der Waals surface area contributed by atoms with Crippen LogP contribution in [0.4, 0.5) is 0 Å². The number of halogens is 1. The number of nitrogens with zero attached hydrogens (tertiary/aromatic N) is 1. The lowest BCUT2D eigenvalue weighted by Gasteiger charge is -2.10. The number of carboxylic acid groups (broad SMARTS) is 1. The number of aromatic carboxylic acids is 1. The average Bonchev–Trinajstić information content (AvgIpc) is 2.34. The van der Waals surface area contributed by atoms with Gasteiger partial charge >= 0.3 is 5.97 Å². The number of aryl methyl sites for hydroxylation is 1. The van der Waals surface area contributed by atoms with Gasteiger partial charge in [-0.1, -0.05) is 17.7 Å². The minimum atomic E-state index is -1.09. The third-order valence-corrected chi connectivity index (χ3v) is 2.62. The number of ether oxygens (including phenoxy) is 1. The average molecular weight is 264 g/mol. The summed E-state index contributed by atoms with van der Waals surface area (Å²) in [6.07, 6.45) is 2.72. The number of carboxylic acids is 1. The first-order valence-electron chi connectivity index (χ1n) is 5.19. The van der Waals surface area contributed by atoms with E-state index >= 15 is 0 Å². The molecule has 0 aliphatic carbocycles. The molecule has 0 aliphatic rings. The fraction of sp³-hybridized carbons (Fsp3) is 0.0769. The van der Waals surface area contributed by atoms with Crippen molar-refractivity contribution in [2.24, 2.45) is 0 Å². The van der Waals surface area contributed by atoms with E-state index in [2.05, 4.69) is 4.98 Å². The van der Waals surface area contributed by atoms with Gasteiger partial charge in [0, 0.05) is 23.5 Å². The van der Waals surface area contributed by atoms with Gasteiger partial charge in [0.15, 0.2) is 0 Å². The summed E-state index contributed by atoms with van der Waals surface area (Å²) in [7, 11) is 0. The highest BCUT2D eigenvalue weighted by atomic mass is 35.5. The van der Waals surface area contributed by atoms with Crippen LogP contribution in [-0.4, -0.2) is 16.1 Å². The zero-order valence-corrected chi connectivity index (χ0v) is 10.3. The lowest BCUT2D eigenvalue weighted by atomic mass is 10.2. The first-order chi connectivity index (χ1) is 8.58. The molecule has 4 nitrogen and oxygen atoms in total. The Bertz CT molecular complexity index is 599. The maximum absolute atomic E-state index is 11.0. The molecule has 0 saturated heterocycles. The quantitative estimate of drug-likeness (QED) is 0.920. The van der Waals surface area contributed by atoms with Gasteiger partial charge in [0.2, 0.25) is 0 Å². The Labute approximate surface area is 109 Å². The van der Waals surface area contributed by atoms with Crippen LogP contribution in [0.2, 0.25) is 5.02 Å². The second-order valence-corrected chi connectivity index (χ2v) is 4.13. The summed E-state index contributed by atoms with van der Waals surface area (Å²) in [5, 5.41) is 9.55. The molecule has 0 saturated carbocycles. The molecule has 0 aliphatic heterocycles. The molecule has 0 amide bonds. The fourth-order valence-corrected chi connectivity index (χ4v) is 1.60. The Kier molecular flexibility index (Phi) is 3.48. The van der Waals surface area contributed by atoms with Crippen LogP contribution in [0.25, 0.3) is 0 Å². The van der Waals surface area contributed by atoms with Crippen molar-refractivity contribution in [3.05, 3.63) is 52.8 Å². The monoisotopic (exact) mass is 263 g/mol. The zero-order valence-electron chi connectivity index (χ0n) is 9.55. The van der Waals surface area contributed by atoms with Crippen LogP contribution < -0.4 is 4.74 Å². The molecule has 0 atom stereocenters. The normalized spacial score (nSPS) is 10.1. The lowest BCUT2D eigenvalue weighted by Crippen LogP contribution is -2.01. The highest BCUT2D eigenvalue weighted by Gasteiger charge is 2.12. The lowest BCUT2D eigenvalue weighted by molar-refractivity contribution is 0.0693.